The van der Waals surface area contributed by atoms with E-state index in [0.29, 0.717) is 17.9 Å². The van der Waals surface area contributed by atoms with Gasteiger partial charge in [-0.2, -0.15) is 0 Å². The minimum atomic E-state index is -0.104. The van der Waals surface area contributed by atoms with Gasteiger partial charge in [0.2, 0.25) is 0 Å². The van der Waals surface area contributed by atoms with Crippen molar-refractivity contribution in [2.45, 2.75) is 26.3 Å². The molecule has 2 aromatic rings. The van der Waals surface area contributed by atoms with Crippen molar-refractivity contribution in [2.24, 2.45) is 0 Å². The number of carbonyl (C=O) groups is 1. The zero-order valence-corrected chi connectivity index (χ0v) is 12.6. The number of amides is 1. The second kappa shape index (κ2) is 6.83. The lowest BCUT2D eigenvalue weighted by molar-refractivity contribution is 0.0950. The van der Waals surface area contributed by atoms with Gasteiger partial charge in [0.15, 0.2) is 0 Å². The van der Waals surface area contributed by atoms with Crippen LogP contribution in [0.15, 0.2) is 36.7 Å². The zero-order valence-electron chi connectivity index (χ0n) is 12.6. The quantitative estimate of drug-likeness (QED) is 0.885. The Hall–Kier alpha value is -2.43. The summed E-state index contributed by atoms with van der Waals surface area (Å²) < 4.78 is 0. The molecule has 5 heteroatoms. The topological polar surface area (TPSA) is 66.9 Å². The van der Waals surface area contributed by atoms with E-state index in [1.165, 1.54) is 0 Å². The van der Waals surface area contributed by atoms with Crippen molar-refractivity contribution < 1.29 is 4.79 Å². The normalized spacial score (nSPS) is 10.5. The number of anilines is 1. The Kier molecular flexibility index (Phi) is 4.87. The first-order chi connectivity index (χ1) is 10.1. The summed E-state index contributed by atoms with van der Waals surface area (Å²) in [5, 5.41) is 5.90. The van der Waals surface area contributed by atoms with E-state index in [-0.39, 0.29) is 11.8 Å². The molecular weight excluding hydrogens is 264 g/mol. The first kappa shape index (κ1) is 15.0. The van der Waals surface area contributed by atoms with Crippen molar-refractivity contribution in [3.63, 3.8) is 0 Å². The molecule has 0 bridgehead atoms. The summed E-state index contributed by atoms with van der Waals surface area (Å²) in [6.45, 7) is 4.59. The predicted molar refractivity (Wildman–Crippen MR) is 83.3 cm³/mol. The number of pyridine rings is 2. The molecule has 2 rings (SSSR count). The molecule has 110 valence electrons. The van der Waals surface area contributed by atoms with Crippen LogP contribution in [0.1, 0.15) is 41.4 Å². The van der Waals surface area contributed by atoms with Gasteiger partial charge in [0.1, 0.15) is 5.82 Å². The Bertz CT molecular complexity index is 611. The highest BCUT2D eigenvalue weighted by molar-refractivity contribution is 5.95. The molecule has 0 aliphatic rings. The third-order valence-electron chi connectivity index (χ3n) is 3.16. The smallest absolute Gasteiger partial charge is 0.251 e. The second-order valence-corrected chi connectivity index (χ2v) is 5.11. The van der Waals surface area contributed by atoms with E-state index in [1.54, 1.807) is 25.5 Å². The summed E-state index contributed by atoms with van der Waals surface area (Å²) in [6, 6.07) is 7.36. The van der Waals surface area contributed by atoms with Crippen LogP contribution >= 0.6 is 0 Å². The van der Waals surface area contributed by atoms with E-state index < -0.39 is 0 Å². The number of hydrogen-bond acceptors (Lipinski definition) is 4. The van der Waals surface area contributed by atoms with Crippen LogP contribution < -0.4 is 10.6 Å². The van der Waals surface area contributed by atoms with Gasteiger partial charge in [-0.3, -0.25) is 9.78 Å². The number of nitrogens with one attached hydrogen (secondary N) is 2. The van der Waals surface area contributed by atoms with Crippen LogP contribution in [0.3, 0.4) is 0 Å². The standard InChI is InChI=1S/C16H20N4O/c1-11(2)14-8-13(9-15(17-3)20-14)16(21)19-10-12-4-6-18-7-5-12/h4-9,11H,10H2,1-3H3,(H,17,20)(H,19,21). The summed E-state index contributed by atoms with van der Waals surface area (Å²) in [6.07, 6.45) is 3.42. The molecule has 0 aromatic carbocycles. The number of carbonyl (C=O) groups excluding carboxylic acids is 1. The number of rotatable bonds is 5. The summed E-state index contributed by atoms with van der Waals surface area (Å²) in [4.78, 5) is 20.7. The Morgan fingerprint density at radius 1 is 1.24 bits per heavy atom. The fourth-order valence-electron chi connectivity index (χ4n) is 1.89. The maximum atomic E-state index is 12.3. The first-order valence-corrected chi connectivity index (χ1v) is 6.97. The van der Waals surface area contributed by atoms with Crippen LogP contribution in [0.2, 0.25) is 0 Å². The molecule has 0 saturated heterocycles. The van der Waals surface area contributed by atoms with E-state index in [0.717, 1.165) is 11.3 Å². The van der Waals surface area contributed by atoms with Crippen molar-refractivity contribution in [1.82, 2.24) is 15.3 Å². The molecular formula is C16H20N4O. The van der Waals surface area contributed by atoms with Gasteiger partial charge in [-0.05, 0) is 35.7 Å². The maximum Gasteiger partial charge on any atom is 0.251 e. The first-order valence-electron chi connectivity index (χ1n) is 6.97. The van der Waals surface area contributed by atoms with Gasteiger partial charge in [0.05, 0.1) is 0 Å². The molecule has 0 atom stereocenters. The van der Waals surface area contributed by atoms with Crippen molar-refractivity contribution in [2.75, 3.05) is 12.4 Å². The Morgan fingerprint density at radius 2 is 1.95 bits per heavy atom. The summed E-state index contributed by atoms with van der Waals surface area (Å²) in [5.41, 5.74) is 2.54. The molecule has 2 aromatic heterocycles. The van der Waals surface area contributed by atoms with Gasteiger partial charge in [-0.15, -0.1) is 0 Å². The number of hydrogen-bond donors (Lipinski definition) is 2. The van der Waals surface area contributed by atoms with Crippen LogP contribution in [-0.2, 0) is 6.54 Å². The Morgan fingerprint density at radius 3 is 2.57 bits per heavy atom. The molecule has 21 heavy (non-hydrogen) atoms. The summed E-state index contributed by atoms with van der Waals surface area (Å²) in [5.74, 6) is 0.868. The Labute approximate surface area is 124 Å². The van der Waals surface area contributed by atoms with E-state index >= 15 is 0 Å². The SMILES string of the molecule is CNc1cc(C(=O)NCc2ccncc2)cc(C(C)C)n1. The van der Waals surface area contributed by atoms with Crippen molar-refractivity contribution >= 4 is 11.7 Å². The molecule has 0 aliphatic heterocycles. The van der Waals surface area contributed by atoms with E-state index in [1.807, 2.05) is 18.2 Å². The van der Waals surface area contributed by atoms with E-state index in [9.17, 15) is 4.79 Å². The number of aromatic nitrogens is 2. The average molecular weight is 284 g/mol. The van der Waals surface area contributed by atoms with E-state index in [4.69, 9.17) is 0 Å². The number of nitrogens with zero attached hydrogens (tertiary/aromatic N) is 2. The molecule has 0 spiro atoms. The molecule has 1 amide bonds. The Balaban J connectivity index is 2.13. The van der Waals surface area contributed by atoms with Gasteiger partial charge in [-0.1, -0.05) is 13.8 Å². The fourth-order valence-corrected chi connectivity index (χ4v) is 1.89. The lowest BCUT2D eigenvalue weighted by Crippen LogP contribution is -2.23. The van der Waals surface area contributed by atoms with Crippen molar-refractivity contribution in [3.8, 4) is 0 Å². The largest absolute Gasteiger partial charge is 0.373 e. The van der Waals surface area contributed by atoms with Crippen LogP contribution in [0, 0.1) is 0 Å². The van der Waals surface area contributed by atoms with Crippen LogP contribution in [-0.4, -0.2) is 22.9 Å². The second-order valence-electron chi connectivity index (χ2n) is 5.11. The van der Waals surface area contributed by atoms with Crippen LogP contribution in [0.4, 0.5) is 5.82 Å². The monoisotopic (exact) mass is 284 g/mol. The molecule has 0 fully saturated rings. The highest BCUT2D eigenvalue weighted by Crippen LogP contribution is 2.17. The molecule has 5 nitrogen and oxygen atoms in total. The summed E-state index contributed by atoms with van der Waals surface area (Å²) in [7, 11) is 1.80. The third-order valence-corrected chi connectivity index (χ3v) is 3.16. The van der Waals surface area contributed by atoms with Gasteiger partial charge in [-0.25, -0.2) is 4.98 Å². The molecule has 0 saturated carbocycles. The van der Waals surface area contributed by atoms with Crippen LogP contribution in [0.25, 0.3) is 0 Å². The lowest BCUT2D eigenvalue weighted by atomic mass is 10.1. The highest BCUT2D eigenvalue weighted by Gasteiger charge is 2.11. The van der Waals surface area contributed by atoms with Gasteiger partial charge in [0, 0.05) is 37.2 Å². The molecule has 0 unspecified atom stereocenters. The van der Waals surface area contributed by atoms with Gasteiger partial charge < -0.3 is 10.6 Å². The lowest BCUT2D eigenvalue weighted by Gasteiger charge is -2.11. The zero-order chi connectivity index (χ0) is 15.2. The van der Waals surface area contributed by atoms with Crippen molar-refractivity contribution in [1.29, 1.82) is 0 Å². The summed E-state index contributed by atoms with van der Waals surface area (Å²) >= 11 is 0. The highest BCUT2D eigenvalue weighted by atomic mass is 16.1. The minimum absolute atomic E-state index is 0.104. The van der Waals surface area contributed by atoms with Gasteiger partial charge in [0.25, 0.3) is 5.91 Å². The molecule has 2 heterocycles. The average Bonchev–Trinajstić information content (AvgIpc) is 2.53. The predicted octanol–water partition coefficient (Wildman–Crippen LogP) is 2.57. The van der Waals surface area contributed by atoms with E-state index in [2.05, 4.69) is 34.4 Å². The third kappa shape index (κ3) is 4.02. The molecule has 2 N–H and O–H groups in total. The minimum Gasteiger partial charge on any atom is -0.373 e. The fraction of sp³-hybridized carbons (Fsp3) is 0.312. The van der Waals surface area contributed by atoms with Crippen molar-refractivity contribution in [3.05, 3.63) is 53.5 Å². The maximum absolute atomic E-state index is 12.3. The van der Waals surface area contributed by atoms with Gasteiger partial charge >= 0.3 is 0 Å². The molecule has 0 aliphatic carbocycles. The van der Waals surface area contributed by atoms with Crippen LogP contribution in [0.5, 0.6) is 0 Å². The molecule has 0 radical (unpaired) electrons.